The summed E-state index contributed by atoms with van der Waals surface area (Å²) in [6, 6.07) is 14.6. The molecule has 0 unspecified atom stereocenters. The van der Waals surface area contributed by atoms with Crippen LogP contribution < -0.4 is 20.7 Å². The van der Waals surface area contributed by atoms with Gasteiger partial charge in [0.05, 0.1) is 18.2 Å². The molecule has 3 aromatic carbocycles. The summed E-state index contributed by atoms with van der Waals surface area (Å²) in [6.07, 6.45) is 0.497. The maximum absolute atomic E-state index is 15.9. The van der Waals surface area contributed by atoms with Crippen LogP contribution in [-0.2, 0) is 24.5 Å². The highest BCUT2D eigenvalue weighted by atomic mass is 35.5. The van der Waals surface area contributed by atoms with Crippen molar-refractivity contribution < 1.29 is 28.2 Å². The molecule has 2 aliphatic heterocycles. The molecular formula is C32H32Cl2FN3O5. The van der Waals surface area contributed by atoms with Gasteiger partial charge >= 0.3 is 5.97 Å². The van der Waals surface area contributed by atoms with E-state index in [0.29, 0.717) is 34.1 Å². The molecule has 0 bridgehead atoms. The van der Waals surface area contributed by atoms with Crippen molar-refractivity contribution in [1.82, 2.24) is 5.32 Å². The molecule has 1 spiro atoms. The minimum Gasteiger partial charge on any atom is -0.482 e. The van der Waals surface area contributed by atoms with Crippen LogP contribution in [0.5, 0.6) is 5.75 Å². The number of carbonyl (C=O) groups excluding carboxylic acids is 3. The van der Waals surface area contributed by atoms with E-state index < -0.39 is 41.1 Å². The average molecular weight is 629 g/mol. The molecular weight excluding hydrogens is 596 g/mol. The number of nitrogens with one attached hydrogen (secondary N) is 3. The second-order valence-corrected chi connectivity index (χ2v) is 12.8. The zero-order valence-corrected chi connectivity index (χ0v) is 25.6. The van der Waals surface area contributed by atoms with E-state index in [1.54, 1.807) is 54.6 Å². The molecule has 0 saturated carbocycles. The highest BCUT2D eigenvalue weighted by molar-refractivity contribution is 6.31. The molecule has 0 aromatic heterocycles. The Morgan fingerprint density at radius 2 is 1.79 bits per heavy atom. The topological polar surface area (TPSA) is 106 Å². The van der Waals surface area contributed by atoms with E-state index in [1.807, 2.05) is 20.8 Å². The number of ether oxygens (including phenoxy) is 2. The van der Waals surface area contributed by atoms with Gasteiger partial charge in [-0.05, 0) is 65.4 Å². The van der Waals surface area contributed by atoms with Crippen molar-refractivity contribution in [3.63, 3.8) is 0 Å². The first kappa shape index (κ1) is 30.8. The summed E-state index contributed by atoms with van der Waals surface area (Å²) in [6.45, 7) is 5.88. The molecule has 8 nitrogen and oxygen atoms in total. The highest BCUT2D eigenvalue weighted by Crippen LogP contribution is 2.57. The van der Waals surface area contributed by atoms with E-state index >= 15 is 4.39 Å². The van der Waals surface area contributed by atoms with Crippen molar-refractivity contribution >= 4 is 52.4 Å². The summed E-state index contributed by atoms with van der Waals surface area (Å²) >= 11 is 12.6. The van der Waals surface area contributed by atoms with Crippen molar-refractivity contribution in [2.75, 3.05) is 24.4 Å². The smallest absolute Gasteiger partial charge is 0.343 e. The fraction of sp³-hybridized carbons (Fsp3) is 0.344. The van der Waals surface area contributed by atoms with Gasteiger partial charge in [-0.25, -0.2) is 9.18 Å². The van der Waals surface area contributed by atoms with Crippen LogP contribution in [0.4, 0.5) is 15.8 Å². The minimum absolute atomic E-state index is 0.108. The first-order valence-corrected chi connectivity index (χ1v) is 14.5. The van der Waals surface area contributed by atoms with E-state index in [1.165, 1.54) is 13.2 Å². The summed E-state index contributed by atoms with van der Waals surface area (Å²) in [7, 11) is 1.27. The van der Waals surface area contributed by atoms with E-state index in [-0.39, 0.29) is 28.5 Å². The van der Waals surface area contributed by atoms with Crippen molar-refractivity contribution in [1.29, 1.82) is 0 Å². The normalized spacial score (nSPS) is 22.7. The average Bonchev–Trinajstić information content (AvgIpc) is 3.42. The Morgan fingerprint density at radius 3 is 2.47 bits per heavy atom. The van der Waals surface area contributed by atoms with E-state index in [2.05, 4.69) is 20.7 Å². The van der Waals surface area contributed by atoms with Gasteiger partial charge in [0.25, 0.3) is 0 Å². The molecule has 2 heterocycles. The van der Waals surface area contributed by atoms with Gasteiger partial charge in [0.2, 0.25) is 11.8 Å². The Kier molecular flexibility index (Phi) is 8.44. The standard InChI is InChI=1S/C32H32Cl2FN3O5/c1-31(2,3)15-24-32(21-13-8-17(33)14-23(21)37-30(32)41)26(20-6-5-7-22(34)27(20)35)28(38-24)29(40)36-18-9-11-19(12-10-18)43-16-25(39)42-4/h5-14,24,26,28,38H,15-16H2,1-4H3,(H,36,40)(H,37,41)/t24-,26-,28+,32+/m0/s1. The number of rotatable bonds is 7. The molecule has 3 N–H and O–H groups in total. The van der Waals surface area contributed by atoms with Gasteiger partial charge in [-0.2, -0.15) is 0 Å². The summed E-state index contributed by atoms with van der Waals surface area (Å²) in [5.74, 6) is -2.58. The number of anilines is 2. The number of hydrogen-bond donors (Lipinski definition) is 3. The van der Waals surface area contributed by atoms with Gasteiger partial charge in [-0.1, -0.05) is 62.2 Å². The summed E-state index contributed by atoms with van der Waals surface area (Å²) in [4.78, 5) is 39.7. The van der Waals surface area contributed by atoms with Crippen LogP contribution in [0.15, 0.2) is 60.7 Å². The molecule has 1 saturated heterocycles. The second kappa shape index (κ2) is 11.8. The molecule has 4 atom stereocenters. The lowest BCUT2D eigenvalue weighted by Gasteiger charge is -2.37. The van der Waals surface area contributed by atoms with Crippen LogP contribution in [0.25, 0.3) is 0 Å². The van der Waals surface area contributed by atoms with Crippen LogP contribution in [0.1, 0.15) is 44.2 Å². The number of carbonyl (C=O) groups is 3. The van der Waals surface area contributed by atoms with Crippen LogP contribution in [0.3, 0.4) is 0 Å². The van der Waals surface area contributed by atoms with Crippen LogP contribution >= 0.6 is 23.2 Å². The Morgan fingerprint density at radius 1 is 1.07 bits per heavy atom. The van der Waals surface area contributed by atoms with Crippen LogP contribution in [0.2, 0.25) is 10.0 Å². The molecule has 0 radical (unpaired) electrons. The van der Waals surface area contributed by atoms with Gasteiger partial charge in [0.15, 0.2) is 6.61 Å². The van der Waals surface area contributed by atoms with Crippen molar-refractivity contribution in [2.24, 2.45) is 5.41 Å². The summed E-state index contributed by atoms with van der Waals surface area (Å²) < 4.78 is 25.9. The quantitative estimate of drug-likeness (QED) is 0.274. The molecule has 11 heteroatoms. The zero-order chi connectivity index (χ0) is 31.1. The molecule has 5 rings (SSSR count). The summed E-state index contributed by atoms with van der Waals surface area (Å²) in [5, 5.41) is 9.63. The van der Waals surface area contributed by atoms with E-state index in [9.17, 15) is 14.4 Å². The van der Waals surface area contributed by atoms with Gasteiger partial charge in [0, 0.05) is 28.4 Å². The predicted octanol–water partition coefficient (Wildman–Crippen LogP) is 6.07. The predicted molar refractivity (Wildman–Crippen MR) is 163 cm³/mol. The number of amides is 2. The van der Waals surface area contributed by atoms with Gasteiger partial charge in [0.1, 0.15) is 17.0 Å². The molecule has 1 fully saturated rings. The third-order valence-electron chi connectivity index (χ3n) is 7.93. The molecule has 3 aromatic rings. The van der Waals surface area contributed by atoms with E-state index in [4.69, 9.17) is 27.9 Å². The number of benzene rings is 3. The Balaban J connectivity index is 1.59. The maximum Gasteiger partial charge on any atom is 0.343 e. The number of hydrogen-bond acceptors (Lipinski definition) is 6. The SMILES string of the molecule is COC(=O)COc1ccc(NC(=O)[C@@H]2N[C@@H](CC(C)(C)C)[C@@]3(C(=O)Nc4cc(Cl)ccc43)[C@H]2c2cccc(Cl)c2F)cc1. The fourth-order valence-corrected chi connectivity index (χ4v) is 6.56. The monoisotopic (exact) mass is 627 g/mol. The zero-order valence-electron chi connectivity index (χ0n) is 24.1. The number of halogens is 3. The lowest BCUT2D eigenvalue weighted by atomic mass is 9.62. The van der Waals surface area contributed by atoms with Crippen LogP contribution in [-0.4, -0.2) is 43.6 Å². The molecule has 2 aliphatic rings. The van der Waals surface area contributed by atoms with Gasteiger partial charge in [-0.3, -0.25) is 9.59 Å². The second-order valence-electron chi connectivity index (χ2n) is 12.0. The fourth-order valence-electron chi connectivity index (χ4n) is 6.21. The lowest BCUT2D eigenvalue weighted by molar-refractivity contribution is -0.143. The third kappa shape index (κ3) is 5.81. The Hall–Kier alpha value is -3.66. The Labute approximate surface area is 259 Å². The molecule has 43 heavy (non-hydrogen) atoms. The largest absolute Gasteiger partial charge is 0.482 e. The van der Waals surface area contributed by atoms with E-state index in [0.717, 1.165) is 0 Å². The van der Waals surface area contributed by atoms with Crippen molar-refractivity contribution in [2.45, 2.75) is 50.6 Å². The highest BCUT2D eigenvalue weighted by Gasteiger charge is 2.66. The first-order valence-electron chi connectivity index (χ1n) is 13.8. The third-order valence-corrected chi connectivity index (χ3v) is 8.45. The molecule has 0 aliphatic carbocycles. The first-order chi connectivity index (χ1) is 20.3. The molecule has 226 valence electrons. The van der Waals surface area contributed by atoms with Crippen molar-refractivity contribution in [3.8, 4) is 5.75 Å². The Bertz CT molecular complexity index is 1580. The van der Waals surface area contributed by atoms with Crippen LogP contribution in [0, 0.1) is 11.2 Å². The number of methoxy groups -OCH3 is 1. The van der Waals surface area contributed by atoms with Crippen molar-refractivity contribution in [3.05, 3.63) is 87.7 Å². The van der Waals surface area contributed by atoms with Gasteiger partial charge < -0.3 is 25.4 Å². The number of esters is 1. The maximum atomic E-state index is 15.9. The number of fused-ring (bicyclic) bond motifs is 2. The lowest BCUT2D eigenvalue weighted by Crippen LogP contribution is -2.49. The summed E-state index contributed by atoms with van der Waals surface area (Å²) in [5.41, 5.74) is 0.139. The minimum atomic E-state index is -1.35. The molecule has 2 amide bonds. The van der Waals surface area contributed by atoms with Gasteiger partial charge in [-0.15, -0.1) is 0 Å².